The van der Waals surface area contributed by atoms with Gasteiger partial charge in [-0.2, -0.15) is 0 Å². The third-order valence-electron chi connectivity index (χ3n) is 3.65. The fourth-order valence-corrected chi connectivity index (χ4v) is 2.47. The number of nitrogens with one attached hydrogen (secondary N) is 1. The molecule has 0 aliphatic heterocycles. The van der Waals surface area contributed by atoms with Crippen LogP contribution < -0.4 is 10.1 Å². The zero-order valence-corrected chi connectivity index (χ0v) is 12.9. The summed E-state index contributed by atoms with van der Waals surface area (Å²) < 4.78 is 7.60. The van der Waals surface area contributed by atoms with Crippen LogP contribution >= 0.6 is 0 Å². The van der Waals surface area contributed by atoms with Crippen molar-refractivity contribution in [1.29, 1.82) is 0 Å². The first kappa shape index (κ1) is 14.6. The largest absolute Gasteiger partial charge is 0.496 e. The Morgan fingerprint density at radius 3 is 2.65 bits per heavy atom. The molecule has 0 bridgehead atoms. The fraction of sp³-hybridized carbons (Fsp3) is 0.438. The Bertz CT molecular complexity index is 589. The Morgan fingerprint density at radius 1 is 1.35 bits per heavy atom. The molecule has 20 heavy (non-hydrogen) atoms. The van der Waals surface area contributed by atoms with E-state index in [4.69, 9.17) is 4.74 Å². The highest BCUT2D eigenvalue weighted by molar-refractivity contribution is 5.48. The summed E-state index contributed by atoms with van der Waals surface area (Å²) in [4.78, 5) is 4.48. The molecule has 0 spiro atoms. The minimum absolute atomic E-state index is 0.0513. The van der Waals surface area contributed by atoms with Gasteiger partial charge in [-0.05, 0) is 31.5 Å². The van der Waals surface area contributed by atoms with Crippen molar-refractivity contribution in [3.8, 4) is 5.75 Å². The summed E-state index contributed by atoms with van der Waals surface area (Å²) in [5.74, 6) is 0.946. The van der Waals surface area contributed by atoms with Gasteiger partial charge in [-0.25, -0.2) is 4.98 Å². The molecule has 2 aromatic rings. The molecule has 1 N–H and O–H groups in total. The number of aromatic nitrogens is 2. The molecular weight excluding hydrogens is 250 g/mol. The Balaban J connectivity index is 2.52. The Labute approximate surface area is 120 Å². The van der Waals surface area contributed by atoms with Crippen LogP contribution in [0.25, 0.3) is 0 Å². The first-order chi connectivity index (χ1) is 9.58. The minimum Gasteiger partial charge on any atom is -0.496 e. The van der Waals surface area contributed by atoms with Crippen molar-refractivity contribution in [3.05, 3.63) is 47.0 Å². The second-order valence-electron chi connectivity index (χ2n) is 5.08. The van der Waals surface area contributed by atoms with Crippen molar-refractivity contribution in [2.24, 2.45) is 7.05 Å². The van der Waals surface area contributed by atoms with E-state index in [1.54, 1.807) is 7.11 Å². The number of benzene rings is 1. The maximum Gasteiger partial charge on any atom is 0.127 e. The van der Waals surface area contributed by atoms with Crippen LogP contribution in [-0.2, 0) is 7.05 Å². The lowest BCUT2D eigenvalue weighted by Crippen LogP contribution is -2.23. The number of nitrogens with zero attached hydrogens (tertiary/aromatic N) is 2. The van der Waals surface area contributed by atoms with Gasteiger partial charge in [0.1, 0.15) is 5.75 Å². The second kappa shape index (κ2) is 6.09. The summed E-state index contributed by atoms with van der Waals surface area (Å²) >= 11 is 0. The molecule has 4 nitrogen and oxygen atoms in total. The van der Waals surface area contributed by atoms with E-state index in [-0.39, 0.29) is 6.04 Å². The molecule has 0 amide bonds. The van der Waals surface area contributed by atoms with Gasteiger partial charge in [-0.15, -0.1) is 0 Å². The molecule has 108 valence electrons. The van der Waals surface area contributed by atoms with E-state index >= 15 is 0 Å². The van der Waals surface area contributed by atoms with Crippen LogP contribution in [0.2, 0.25) is 0 Å². The third-order valence-corrected chi connectivity index (χ3v) is 3.65. The van der Waals surface area contributed by atoms with Gasteiger partial charge in [0.2, 0.25) is 0 Å². The van der Waals surface area contributed by atoms with Gasteiger partial charge in [0.25, 0.3) is 0 Å². The lowest BCUT2D eigenvalue weighted by molar-refractivity contribution is 0.400. The van der Waals surface area contributed by atoms with Gasteiger partial charge < -0.3 is 14.6 Å². The van der Waals surface area contributed by atoms with Crippen LogP contribution in [0.4, 0.5) is 0 Å². The first-order valence-corrected chi connectivity index (χ1v) is 6.93. The van der Waals surface area contributed by atoms with Crippen molar-refractivity contribution in [3.63, 3.8) is 0 Å². The lowest BCUT2D eigenvalue weighted by atomic mass is 9.97. The van der Waals surface area contributed by atoms with Crippen molar-refractivity contribution in [2.45, 2.75) is 26.8 Å². The number of rotatable bonds is 5. The number of hydrogen-bond acceptors (Lipinski definition) is 3. The van der Waals surface area contributed by atoms with Crippen LogP contribution in [0.5, 0.6) is 5.75 Å². The summed E-state index contributed by atoms with van der Waals surface area (Å²) in [6.45, 7) is 7.17. The topological polar surface area (TPSA) is 39.1 Å². The Kier molecular flexibility index (Phi) is 4.45. The molecule has 1 aromatic heterocycles. The predicted molar refractivity (Wildman–Crippen MR) is 81.2 cm³/mol. The molecule has 1 atom stereocenters. The Hall–Kier alpha value is -1.81. The highest BCUT2D eigenvalue weighted by Gasteiger charge is 2.21. The summed E-state index contributed by atoms with van der Waals surface area (Å²) in [5, 5.41) is 3.49. The van der Waals surface area contributed by atoms with Gasteiger partial charge in [-0.1, -0.05) is 19.1 Å². The number of hydrogen-bond donors (Lipinski definition) is 1. The van der Waals surface area contributed by atoms with E-state index in [9.17, 15) is 0 Å². The quantitative estimate of drug-likeness (QED) is 0.910. The zero-order chi connectivity index (χ0) is 14.7. The molecule has 0 radical (unpaired) electrons. The lowest BCUT2D eigenvalue weighted by Gasteiger charge is -2.21. The first-order valence-electron chi connectivity index (χ1n) is 6.93. The Morgan fingerprint density at radius 2 is 2.10 bits per heavy atom. The van der Waals surface area contributed by atoms with E-state index in [0.717, 1.165) is 23.6 Å². The molecule has 1 aromatic carbocycles. The average molecular weight is 273 g/mol. The van der Waals surface area contributed by atoms with Crippen molar-refractivity contribution in [2.75, 3.05) is 13.7 Å². The van der Waals surface area contributed by atoms with Gasteiger partial charge in [-0.3, -0.25) is 0 Å². The molecule has 0 fully saturated rings. The van der Waals surface area contributed by atoms with E-state index in [1.807, 2.05) is 24.1 Å². The summed E-state index contributed by atoms with van der Waals surface area (Å²) in [5.41, 5.74) is 4.57. The number of methoxy groups -OCH3 is 1. The van der Waals surface area contributed by atoms with E-state index in [2.05, 4.69) is 43.2 Å². The van der Waals surface area contributed by atoms with Crippen LogP contribution in [-0.4, -0.2) is 23.2 Å². The molecule has 0 aliphatic rings. The second-order valence-corrected chi connectivity index (χ2v) is 5.08. The van der Waals surface area contributed by atoms with Gasteiger partial charge in [0.05, 0.1) is 25.2 Å². The molecule has 0 saturated heterocycles. The highest BCUT2D eigenvalue weighted by atomic mass is 16.5. The van der Waals surface area contributed by atoms with Gasteiger partial charge in [0, 0.05) is 18.8 Å². The summed E-state index contributed by atoms with van der Waals surface area (Å²) in [6, 6.07) is 4.32. The molecule has 1 unspecified atom stereocenters. The minimum atomic E-state index is 0.0513. The van der Waals surface area contributed by atoms with Crippen LogP contribution in [0, 0.1) is 13.8 Å². The van der Waals surface area contributed by atoms with Crippen molar-refractivity contribution < 1.29 is 4.74 Å². The standard InChI is InChI=1S/C16H23N3O/c1-6-17-15(14-9-19(4)10-18-14)13-8-7-11(2)12(3)16(13)20-5/h7-10,15,17H,6H2,1-5H3. The highest BCUT2D eigenvalue weighted by Crippen LogP contribution is 2.33. The van der Waals surface area contributed by atoms with E-state index < -0.39 is 0 Å². The molecular formula is C16H23N3O. The maximum atomic E-state index is 5.64. The molecule has 0 aliphatic carbocycles. The monoisotopic (exact) mass is 273 g/mol. The smallest absolute Gasteiger partial charge is 0.127 e. The van der Waals surface area contributed by atoms with Crippen LogP contribution in [0.15, 0.2) is 24.7 Å². The molecule has 1 heterocycles. The maximum absolute atomic E-state index is 5.64. The third kappa shape index (κ3) is 2.70. The van der Waals surface area contributed by atoms with Crippen molar-refractivity contribution >= 4 is 0 Å². The number of ether oxygens (including phenoxy) is 1. The molecule has 0 saturated carbocycles. The van der Waals surface area contributed by atoms with E-state index in [1.165, 1.54) is 11.1 Å². The zero-order valence-electron chi connectivity index (χ0n) is 12.9. The van der Waals surface area contributed by atoms with Crippen LogP contribution in [0.3, 0.4) is 0 Å². The fourth-order valence-electron chi connectivity index (χ4n) is 2.47. The normalized spacial score (nSPS) is 12.4. The summed E-state index contributed by atoms with van der Waals surface area (Å²) in [7, 11) is 3.71. The van der Waals surface area contributed by atoms with Crippen molar-refractivity contribution in [1.82, 2.24) is 14.9 Å². The number of aryl methyl sites for hydroxylation is 2. The van der Waals surface area contributed by atoms with Gasteiger partial charge >= 0.3 is 0 Å². The summed E-state index contributed by atoms with van der Waals surface area (Å²) in [6.07, 6.45) is 3.87. The average Bonchev–Trinajstić information content (AvgIpc) is 2.86. The van der Waals surface area contributed by atoms with Gasteiger partial charge in [0.15, 0.2) is 0 Å². The van der Waals surface area contributed by atoms with E-state index in [0.29, 0.717) is 0 Å². The predicted octanol–water partition coefficient (Wildman–Crippen LogP) is 2.74. The van der Waals surface area contributed by atoms with Crippen LogP contribution in [0.1, 0.15) is 35.3 Å². The molecule has 4 heteroatoms. The SMILES string of the molecule is CCNC(c1cn(C)cn1)c1ccc(C)c(C)c1OC. The number of imidazole rings is 1. The molecule has 2 rings (SSSR count).